The summed E-state index contributed by atoms with van der Waals surface area (Å²) in [4.78, 5) is 11.8. The maximum atomic E-state index is 11.8. The molecule has 0 atom stereocenters. The van der Waals surface area contributed by atoms with Crippen LogP contribution in [0.4, 0.5) is 5.69 Å². The molecular formula is C18H19N3O. The van der Waals surface area contributed by atoms with Crippen LogP contribution in [0.1, 0.15) is 23.1 Å². The number of rotatable bonds is 6. The Morgan fingerprint density at radius 1 is 1.18 bits per heavy atom. The van der Waals surface area contributed by atoms with Crippen LogP contribution in [-0.2, 0) is 11.3 Å². The number of benzene rings is 2. The van der Waals surface area contributed by atoms with Crippen LogP contribution in [0.25, 0.3) is 0 Å². The molecular weight excluding hydrogens is 274 g/mol. The summed E-state index contributed by atoms with van der Waals surface area (Å²) in [6.07, 6.45) is 0.392. The minimum absolute atomic E-state index is 0.00418. The second-order valence-corrected chi connectivity index (χ2v) is 5.13. The molecule has 0 saturated carbocycles. The molecule has 0 aliphatic rings. The van der Waals surface area contributed by atoms with Crippen LogP contribution < -0.4 is 10.6 Å². The predicted octanol–water partition coefficient (Wildman–Crippen LogP) is 2.99. The lowest BCUT2D eigenvalue weighted by molar-refractivity contribution is -0.121. The van der Waals surface area contributed by atoms with Gasteiger partial charge in [-0.2, -0.15) is 5.26 Å². The summed E-state index contributed by atoms with van der Waals surface area (Å²) in [5.74, 6) is 0.00418. The molecule has 4 nitrogen and oxygen atoms in total. The first kappa shape index (κ1) is 15.6. The molecule has 0 fully saturated rings. The molecule has 0 bridgehead atoms. The van der Waals surface area contributed by atoms with E-state index in [1.807, 2.05) is 43.3 Å². The van der Waals surface area contributed by atoms with Gasteiger partial charge in [0.2, 0.25) is 5.91 Å². The third-order valence-corrected chi connectivity index (χ3v) is 3.28. The van der Waals surface area contributed by atoms with E-state index in [2.05, 4.69) is 16.7 Å². The van der Waals surface area contributed by atoms with Gasteiger partial charge in [-0.25, -0.2) is 0 Å². The third-order valence-electron chi connectivity index (χ3n) is 3.28. The molecule has 0 aromatic heterocycles. The summed E-state index contributed by atoms with van der Waals surface area (Å²) >= 11 is 0. The maximum Gasteiger partial charge on any atom is 0.222 e. The quantitative estimate of drug-likeness (QED) is 0.860. The Hall–Kier alpha value is -2.80. The molecule has 0 aliphatic carbocycles. The number of carbonyl (C=O) groups excluding carboxylic acids is 1. The first-order chi connectivity index (χ1) is 10.7. The molecule has 2 aromatic carbocycles. The van der Waals surface area contributed by atoms with Crippen LogP contribution in [0.15, 0.2) is 48.5 Å². The molecule has 0 saturated heterocycles. The van der Waals surface area contributed by atoms with Gasteiger partial charge in [-0.15, -0.1) is 0 Å². The predicted molar refractivity (Wildman–Crippen MR) is 87.3 cm³/mol. The van der Waals surface area contributed by atoms with Crippen molar-refractivity contribution in [1.82, 2.24) is 5.32 Å². The smallest absolute Gasteiger partial charge is 0.222 e. The fraction of sp³-hybridized carbons (Fsp3) is 0.222. The molecule has 2 aromatic rings. The van der Waals surface area contributed by atoms with Crippen molar-refractivity contribution in [3.63, 3.8) is 0 Å². The van der Waals surface area contributed by atoms with Gasteiger partial charge in [0.15, 0.2) is 0 Å². The van der Waals surface area contributed by atoms with Crippen LogP contribution in [0.3, 0.4) is 0 Å². The first-order valence-electron chi connectivity index (χ1n) is 7.23. The molecule has 4 heteroatoms. The van der Waals surface area contributed by atoms with Crippen molar-refractivity contribution < 1.29 is 4.79 Å². The van der Waals surface area contributed by atoms with E-state index >= 15 is 0 Å². The second-order valence-electron chi connectivity index (χ2n) is 5.13. The van der Waals surface area contributed by atoms with Crippen molar-refractivity contribution in [2.75, 3.05) is 11.9 Å². The van der Waals surface area contributed by atoms with Gasteiger partial charge in [-0.1, -0.05) is 35.9 Å². The van der Waals surface area contributed by atoms with Gasteiger partial charge in [-0.05, 0) is 30.7 Å². The highest BCUT2D eigenvalue weighted by atomic mass is 16.1. The molecule has 112 valence electrons. The van der Waals surface area contributed by atoms with Crippen LogP contribution in [0, 0.1) is 18.3 Å². The van der Waals surface area contributed by atoms with Crippen molar-refractivity contribution in [3.05, 3.63) is 65.2 Å². The monoisotopic (exact) mass is 293 g/mol. The Morgan fingerprint density at radius 2 is 1.95 bits per heavy atom. The van der Waals surface area contributed by atoms with Crippen LogP contribution in [-0.4, -0.2) is 12.5 Å². The van der Waals surface area contributed by atoms with Gasteiger partial charge in [0.05, 0.1) is 11.6 Å². The highest BCUT2D eigenvalue weighted by Gasteiger charge is 2.02. The number of nitriles is 1. The Kier molecular flexibility index (Phi) is 5.56. The molecule has 2 rings (SSSR count). The molecule has 22 heavy (non-hydrogen) atoms. The Labute approximate surface area is 130 Å². The van der Waals surface area contributed by atoms with Crippen molar-refractivity contribution in [2.45, 2.75) is 19.9 Å². The Morgan fingerprint density at radius 3 is 2.68 bits per heavy atom. The largest absolute Gasteiger partial charge is 0.384 e. The van der Waals surface area contributed by atoms with Crippen LogP contribution in [0.5, 0.6) is 0 Å². The molecule has 0 spiro atoms. The summed E-state index contributed by atoms with van der Waals surface area (Å²) in [7, 11) is 0. The third kappa shape index (κ3) is 4.95. The zero-order valence-electron chi connectivity index (χ0n) is 12.6. The Balaban J connectivity index is 1.71. The van der Waals surface area contributed by atoms with E-state index in [4.69, 9.17) is 5.26 Å². The number of aryl methyl sites for hydroxylation is 1. The van der Waals surface area contributed by atoms with E-state index in [-0.39, 0.29) is 5.91 Å². The van der Waals surface area contributed by atoms with E-state index in [1.54, 1.807) is 12.1 Å². The first-order valence-corrected chi connectivity index (χ1v) is 7.23. The minimum Gasteiger partial charge on any atom is -0.384 e. The van der Waals surface area contributed by atoms with Crippen LogP contribution in [0.2, 0.25) is 0 Å². The molecule has 0 aliphatic heterocycles. The zero-order chi connectivity index (χ0) is 15.8. The average molecular weight is 293 g/mol. The summed E-state index contributed by atoms with van der Waals surface area (Å²) in [5, 5.41) is 14.9. The topological polar surface area (TPSA) is 64.9 Å². The number of hydrogen-bond acceptors (Lipinski definition) is 3. The molecule has 0 heterocycles. The molecule has 0 radical (unpaired) electrons. The van der Waals surface area contributed by atoms with Gasteiger partial charge < -0.3 is 10.6 Å². The van der Waals surface area contributed by atoms with Crippen molar-refractivity contribution in [2.24, 2.45) is 0 Å². The lowest BCUT2D eigenvalue weighted by Gasteiger charge is -2.08. The van der Waals surface area contributed by atoms with E-state index in [0.29, 0.717) is 25.1 Å². The summed E-state index contributed by atoms with van der Waals surface area (Å²) in [6, 6.07) is 17.4. The zero-order valence-corrected chi connectivity index (χ0v) is 12.6. The van der Waals surface area contributed by atoms with E-state index in [0.717, 1.165) is 11.3 Å². The molecule has 1 amide bonds. The van der Waals surface area contributed by atoms with Crippen molar-refractivity contribution >= 4 is 11.6 Å². The highest BCUT2D eigenvalue weighted by Crippen LogP contribution is 2.09. The summed E-state index contributed by atoms with van der Waals surface area (Å²) in [6.45, 7) is 3.12. The molecule has 2 N–H and O–H groups in total. The van der Waals surface area contributed by atoms with Gasteiger partial charge in [0, 0.05) is 25.2 Å². The fourth-order valence-electron chi connectivity index (χ4n) is 2.01. The lowest BCUT2D eigenvalue weighted by Crippen LogP contribution is -2.24. The van der Waals surface area contributed by atoms with E-state index in [1.165, 1.54) is 5.56 Å². The average Bonchev–Trinajstić information content (AvgIpc) is 2.54. The summed E-state index contributed by atoms with van der Waals surface area (Å²) in [5.41, 5.74) is 3.76. The normalized spacial score (nSPS) is 9.82. The number of amides is 1. The SMILES string of the molecule is Cc1ccc(CNC(=O)CCNc2cccc(C#N)c2)cc1. The van der Waals surface area contributed by atoms with E-state index < -0.39 is 0 Å². The number of anilines is 1. The van der Waals surface area contributed by atoms with Gasteiger partial charge in [0.1, 0.15) is 0 Å². The van der Waals surface area contributed by atoms with Crippen molar-refractivity contribution in [1.29, 1.82) is 5.26 Å². The second kappa shape index (κ2) is 7.84. The van der Waals surface area contributed by atoms with Gasteiger partial charge in [0.25, 0.3) is 0 Å². The fourth-order valence-corrected chi connectivity index (χ4v) is 2.01. The Bertz CT molecular complexity index is 671. The van der Waals surface area contributed by atoms with Crippen molar-refractivity contribution in [3.8, 4) is 6.07 Å². The van der Waals surface area contributed by atoms with Gasteiger partial charge in [-0.3, -0.25) is 4.79 Å². The number of nitrogens with zero attached hydrogens (tertiary/aromatic N) is 1. The van der Waals surface area contributed by atoms with Crippen LogP contribution >= 0.6 is 0 Å². The lowest BCUT2D eigenvalue weighted by atomic mass is 10.1. The number of carbonyl (C=O) groups is 1. The van der Waals surface area contributed by atoms with E-state index in [9.17, 15) is 4.79 Å². The standard InChI is InChI=1S/C18H19N3O/c1-14-5-7-15(8-6-14)13-21-18(22)9-10-20-17-4-2-3-16(11-17)12-19/h2-8,11,20H,9-10,13H2,1H3,(H,21,22). The number of nitrogens with one attached hydrogen (secondary N) is 2. The molecule has 0 unspecified atom stereocenters. The minimum atomic E-state index is 0.00418. The number of hydrogen-bond donors (Lipinski definition) is 2. The highest BCUT2D eigenvalue weighted by molar-refractivity contribution is 5.76. The maximum absolute atomic E-state index is 11.8. The van der Waals surface area contributed by atoms with Gasteiger partial charge >= 0.3 is 0 Å². The summed E-state index contributed by atoms with van der Waals surface area (Å²) < 4.78 is 0.